The molecule has 0 aromatic rings. The molecule has 1 heterocycles. The summed E-state index contributed by atoms with van der Waals surface area (Å²) >= 11 is 0. The van der Waals surface area contributed by atoms with E-state index in [0.29, 0.717) is 25.6 Å². The van der Waals surface area contributed by atoms with Crippen molar-refractivity contribution in [3.8, 4) is 0 Å². The van der Waals surface area contributed by atoms with Gasteiger partial charge in [-0.1, -0.05) is 12.1 Å². The number of oxime groups is 1. The molecule has 0 aromatic heterocycles. The highest BCUT2D eigenvalue weighted by Crippen LogP contribution is 2.19. The monoisotopic (exact) mass is 306 g/mol. The molecule has 0 bridgehead atoms. The van der Waals surface area contributed by atoms with Gasteiger partial charge in [-0.3, -0.25) is 0 Å². The Kier molecular flexibility index (Phi) is 6.22. The van der Waals surface area contributed by atoms with Crippen LogP contribution in [-0.2, 0) is 10.0 Å². The van der Waals surface area contributed by atoms with Crippen LogP contribution < -0.4 is 5.73 Å². The van der Waals surface area contributed by atoms with E-state index in [0.717, 1.165) is 19.4 Å². The molecule has 0 aliphatic carbocycles. The Labute approximate surface area is 121 Å². The minimum Gasteiger partial charge on any atom is -0.409 e. The fraction of sp³-hybridized carbons (Fsp3) is 0.917. The molecule has 0 spiro atoms. The molecule has 2 unspecified atom stereocenters. The Hall–Kier alpha value is -0.860. The fourth-order valence-electron chi connectivity index (χ4n) is 2.65. The van der Waals surface area contributed by atoms with Crippen molar-refractivity contribution < 1.29 is 13.6 Å². The first-order valence-corrected chi connectivity index (χ1v) is 8.70. The van der Waals surface area contributed by atoms with Crippen LogP contribution in [0, 0.1) is 11.8 Å². The lowest BCUT2D eigenvalue weighted by Crippen LogP contribution is -2.43. The molecular formula is C12H26N4O3S. The second kappa shape index (κ2) is 7.24. The number of nitrogens with zero attached hydrogens (tertiary/aromatic N) is 3. The normalized spacial score (nSPS) is 24.0. The maximum atomic E-state index is 11.6. The standard InChI is InChI=1S/C12H26N4O3S/c1-10(12(13)14-17)7-15(2)8-11-5-4-6-16(9-11)20(3,18)19/h10-11,17H,4-9H2,1-3H3,(H2,13,14). The Morgan fingerprint density at radius 2 is 2.25 bits per heavy atom. The van der Waals surface area contributed by atoms with Gasteiger partial charge in [0.05, 0.1) is 6.26 Å². The summed E-state index contributed by atoms with van der Waals surface area (Å²) in [6, 6.07) is 0. The van der Waals surface area contributed by atoms with Gasteiger partial charge in [-0.25, -0.2) is 12.7 Å². The first-order valence-electron chi connectivity index (χ1n) is 6.85. The van der Waals surface area contributed by atoms with E-state index in [1.54, 1.807) is 4.31 Å². The number of rotatable bonds is 6. The van der Waals surface area contributed by atoms with Crippen molar-refractivity contribution in [2.75, 3.05) is 39.5 Å². The molecule has 7 nitrogen and oxygen atoms in total. The minimum atomic E-state index is -3.09. The van der Waals surface area contributed by atoms with Crippen molar-refractivity contribution in [1.82, 2.24) is 9.21 Å². The van der Waals surface area contributed by atoms with Crippen molar-refractivity contribution in [2.45, 2.75) is 19.8 Å². The molecule has 1 aliphatic rings. The summed E-state index contributed by atoms with van der Waals surface area (Å²) in [5.41, 5.74) is 5.56. The highest BCUT2D eigenvalue weighted by molar-refractivity contribution is 7.88. The van der Waals surface area contributed by atoms with Crippen LogP contribution in [0.15, 0.2) is 5.16 Å². The van der Waals surface area contributed by atoms with Crippen LogP contribution in [0.3, 0.4) is 0 Å². The zero-order valence-electron chi connectivity index (χ0n) is 12.5. The van der Waals surface area contributed by atoms with Crippen LogP contribution in [0.5, 0.6) is 0 Å². The molecule has 0 amide bonds. The van der Waals surface area contributed by atoms with Crippen molar-refractivity contribution in [3.63, 3.8) is 0 Å². The third kappa shape index (κ3) is 5.26. The Morgan fingerprint density at radius 3 is 2.80 bits per heavy atom. The van der Waals surface area contributed by atoms with E-state index < -0.39 is 10.0 Å². The van der Waals surface area contributed by atoms with Crippen molar-refractivity contribution in [3.05, 3.63) is 0 Å². The molecule has 8 heteroatoms. The van der Waals surface area contributed by atoms with Gasteiger partial charge < -0.3 is 15.8 Å². The zero-order valence-corrected chi connectivity index (χ0v) is 13.3. The average Bonchev–Trinajstić information content (AvgIpc) is 2.36. The quantitative estimate of drug-likeness (QED) is 0.311. The minimum absolute atomic E-state index is 0.0281. The number of piperidine rings is 1. The van der Waals surface area contributed by atoms with Crippen molar-refractivity contribution >= 4 is 15.9 Å². The number of sulfonamides is 1. The Bertz CT molecular complexity index is 438. The predicted molar refractivity (Wildman–Crippen MR) is 79.2 cm³/mol. The van der Waals surface area contributed by atoms with Crippen molar-refractivity contribution in [1.29, 1.82) is 0 Å². The maximum absolute atomic E-state index is 11.6. The van der Waals surface area contributed by atoms with Gasteiger partial charge in [-0.2, -0.15) is 0 Å². The topological polar surface area (TPSA) is 99.2 Å². The van der Waals surface area contributed by atoms with Crippen LogP contribution in [-0.4, -0.2) is 68.1 Å². The SMILES string of the molecule is CC(CN(C)CC1CCCN(S(C)(=O)=O)C1)C(N)=NO. The molecule has 20 heavy (non-hydrogen) atoms. The number of nitrogens with two attached hydrogens (primary N) is 1. The number of amidine groups is 1. The molecule has 0 aromatic carbocycles. The number of hydrogen-bond donors (Lipinski definition) is 2. The molecule has 118 valence electrons. The highest BCUT2D eigenvalue weighted by Gasteiger charge is 2.26. The summed E-state index contributed by atoms with van der Waals surface area (Å²) in [4.78, 5) is 2.11. The van der Waals surface area contributed by atoms with E-state index in [9.17, 15) is 8.42 Å². The number of hydrogen-bond acceptors (Lipinski definition) is 5. The molecule has 2 atom stereocenters. The smallest absolute Gasteiger partial charge is 0.211 e. The van der Waals surface area contributed by atoms with Crippen LogP contribution >= 0.6 is 0 Å². The summed E-state index contributed by atoms with van der Waals surface area (Å²) in [7, 11) is -1.12. The summed E-state index contributed by atoms with van der Waals surface area (Å²) in [5.74, 6) is 0.529. The van der Waals surface area contributed by atoms with Crippen LogP contribution in [0.25, 0.3) is 0 Å². The summed E-state index contributed by atoms with van der Waals surface area (Å²) < 4.78 is 24.7. The van der Waals surface area contributed by atoms with Gasteiger partial charge in [0.25, 0.3) is 0 Å². The first-order chi connectivity index (χ1) is 9.24. The Balaban J connectivity index is 2.48. The lowest BCUT2D eigenvalue weighted by atomic mass is 9.98. The lowest BCUT2D eigenvalue weighted by molar-refractivity contribution is 0.194. The highest BCUT2D eigenvalue weighted by atomic mass is 32.2. The molecule has 1 aliphatic heterocycles. The summed E-state index contributed by atoms with van der Waals surface area (Å²) in [6.45, 7) is 4.61. The molecule has 1 rings (SSSR count). The van der Waals surface area contributed by atoms with Crippen molar-refractivity contribution in [2.24, 2.45) is 22.7 Å². The van der Waals surface area contributed by atoms with Crippen LogP contribution in [0.1, 0.15) is 19.8 Å². The van der Waals surface area contributed by atoms with E-state index in [4.69, 9.17) is 10.9 Å². The van der Waals surface area contributed by atoms with Gasteiger partial charge in [0, 0.05) is 32.1 Å². The van der Waals surface area contributed by atoms with Crippen LogP contribution in [0.2, 0.25) is 0 Å². The van der Waals surface area contributed by atoms with Gasteiger partial charge in [-0.15, -0.1) is 0 Å². The largest absolute Gasteiger partial charge is 0.409 e. The van der Waals surface area contributed by atoms with Gasteiger partial charge in [0.1, 0.15) is 5.84 Å². The fourth-order valence-corrected chi connectivity index (χ4v) is 3.59. The second-order valence-electron chi connectivity index (χ2n) is 5.78. The summed E-state index contributed by atoms with van der Waals surface area (Å²) in [6.07, 6.45) is 3.20. The van der Waals surface area contributed by atoms with Gasteiger partial charge in [0.15, 0.2) is 0 Å². The third-order valence-electron chi connectivity index (χ3n) is 3.73. The van der Waals surface area contributed by atoms with E-state index >= 15 is 0 Å². The van der Waals surface area contributed by atoms with E-state index in [1.165, 1.54) is 6.26 Å². The molecule has 0 radical (unpaired) electrons. The van der Waals surface area contributed by atoms with E-state index in [-0.39, 0.29) is 11.8 Å². The van der Waals surface area contributed by atoms with Gasteiger partial charge in [-0.05, 0) is 25.8 Å². The zero-order chi connectivity index (χ0) is 15.3. The third-order valence-corrected chi connectivity index (χ3v) is 5.00. The molecule has 1 saturated heterocycles. The first kappa shape index (κ1) is 17.2. The summed E-state index contributed by atoms with van der Waals surface area (Å²) in [5, 5.41) is 11.6. The second-order valence-corrected chi connectivity index (χ2v) is 7.76. The van der Waals surface area contributed by atoms with Gasteiger partial charge >= 0.3 is 0 Å². The van der Waals surface area contributed by atoms with Crippen LogP contribution in [0.4, 0.5) is 0 Å². The lowest BCUT2D eigenvalue weighted by Gasteiger charge is -2.33. The van der Waals surface area contributed by atoms with Gasteiger partial charge in [0.2, 0.25) is 10.0 Å². The molecule has 0 saturated carbocycles. The molecule has 1 fully saturated rings. The molecule has 3 N–H and O–H groups in total. The predicted octanol–water partition coefficient (Wildman–Crippen LogP) is -0.0277. The van der Waals surface area contributed by atoms with E-state index in [1.807, 2.05) is 14.0 Å². The average molecular weight is 306 g/mol. The Morgan fingerprint density at radius 1 is 1.60 bits per heavy atom. The van der Waals surface area contributed by atoms with E-state index in [2.05, 4.69) is 10.1 Å². The molecular weight excluding hydrogens is 280 g/mol. The maximum Gasteiger partial charge on any atom is 0.211 e.